The number of fused-ring (bicyclic) bond motifs is 9. The number of nitrogens with zero attached hydrogens (tertiary/aromatic N) is 4. The Kier molecular flexibility index (Phi) is 8.67. The molecule has 0 saturated carbocycles. The van der Waals surface area contributed by atoms with Crippen LogP contribution in [-0.4, -0.2) is 20.7 Å². The first-order valence-corrected chi connectivity index (χ1v) is 22.6. The Morgan fingerprint density at radius 2 is 1.12 bits per heavy atom. The van der Waals surface area contributed by atoms with Gasteiger partial charge in [-0.3, -0.25) is 9.98 Å². The summed E-state index contributed by atoms with van der Waals surface area (Å²) in [5.41, 5.74) is 18.7. The van der Waals surface area contributed by atoms with Crippen molar-refractivity contribution in [1.29, 1.82) is 0 Å². The normalized spacial score (nSPS) is 19.0. The van der Waals surface area contributed by atoms with Crippen molar-refractivity contribution in [2.45, 2.75) is 11.8 Å². The van der Waals surface area contributed by atoms with Crippen LogP contribution in [0.4, 0.5) is 0 Å². The molecule has 9 aromatic rings. The quantitative estimate of drug-likeness (QED) is 0.157. The third-order valence-electron chi connectivity index (χ3n) is 14.3. The molecule has 3 unspecified atom stereocenters. The van der Waals surface area contributed by atoms with E-state index in [1.807, 2.05) is 24.4 Å². The standard InChI is InChI=1S/C61H42N4/c1-4-15-39(16-5-1)55-33-29-40-27-28-41-30-34-56(64-60(41)59(40)63-55)44-31-32-54(62-38-44)42-17-14-18-43(35-42)58-51-36-50-47-23-10-12-25-52(47)61(45-19-6-2-7-20-45,46-21-8-3-9-22-46)53(50)37-49(51)48-24-11-13-26-57(48)65-58/h1-36,38,48-49,53H,37H2. The van der Waals surface area contributed by atoms with E-state index in [2.05, 4.69) is 200 Å². The average Bonchev–Trinajstić information content (AvgIpc) is 3.68. The largest absolute Gasteiger partial charge is 0.256 e. The van der Waals surface area contributed by atoms with Gasteiger partial charge in [0, 0.05) is 56.8 Å². The Hall–Kier alpha value is -8.08. The van der Waals surface area contributed by atoms with Crippen LogP contribution in [0.2, 0.25) is 0 Å². The Morgan fingerprint density at radius 3 is 1.83 bits per heavy atom. The topological polar surface area (TPSA) is 51.0 Å². The molecule has 4 heteroatoms. The lowest BCUT2D eigenvalue weighted by molar-refractivity contribution is 0.364. The minimum atomic E-state index is -0.323. The number of hydrogen-bond donors (Lipinski definition) is 0. The summed E-state index contributed by atoms with van der Waals surface area (Å²) in [6.07, 6.45) is 14.4. The highest BCUT2D eigenvalue weighted by Crippen LogP contribution is 2.63. The highest BCUT2D eigenvalue weighted by atomic mass is 14.8. The van der Waals surface area contributed by atoms with E-state index in [4.69, 9.17) is 19.9 Å². The van der Waals surface area contributed by atoms with Crippen LogP contribution in [0.3, 0.4) is 0 Å². The Balaban J connectivity index is 0.899. The number of benzene rings is 6. The summed E-state index contributed by atoms with van der Waals surface area (Å²) < 4.78 is 0. The molecular weight excluding hydrogens is 789 g/mol. The van der Waals surface area contributed by atoms with Crippen LogP contribution < -0.4 is 0 Å². The summed E-state index contributed by atoms with van der Waals surface area (Å²) in [6, 6.07) is 67.6. The Bertz CT molecular complexity index is 3470. The first-order chi connectivity index (χ1) is 32.2. The van der Waals surface area contributed by atoms with Crippen LogP contribution in [0.25, 0.3) is 66.8 Å². The number of hydrogen-bond acceptors (Lipinski definition) is 4. The SMILES string of the molecule is C1=CC2=NC(c3cccc(-c4ccc(-c5ccc6ccc7ccc(-c8ccccc8)nc7c6n5)cn4)c3)=C3C=C4c5ccccc5C(c5ccccc5)(c5ccccc5)C4CC3C2C=C1. The molecule has 4 nitrogen and oxygen atoms in total. The van der Waals surface area contributed by atoms with Crippen molar-refractivity contribution in [2.75, 3.05) is 0 Å². The summed E-state index contributed by atoms with van der Waals surface area (Å²) in [4.78, 5) is 20.9. The molecule has 0 spiro atoms. The second-order valence-corrected chi connectivity index (χ2v) is 17.7. The van der Waals surface area contributed by atoms with Crippen molar-refractivity contribution in [1.82, 2.24) is 15.0 Å². The van der Waals surface area contributed by atoms with Gasteiger partial charge in [-0.25, -0.2) is 9.97 Å². The third-order valence-corrected chi connectivity index (χ3v) is 14.3. The van der Waals surface area contributed by atoms with E-state index in [1.54, 1.807) is 0 Å². The summed E-state index contributed by atoms with van der Waals surface area (Å²) >= 11 is 0. The molecule has 306 valence electrons. The summed E-state index contributed by atoms with van der Waals surface area (Å²) in [7, 11) is 0. The van der Waals surface area contributed by atoms with E-state index < -0.39 is 0 Å². The number of aromatic nitrogens is 3. The van der Waals surface area contributed by atoms with E-state index in [9.17, 15) is 0 Å². The monoisotopic (exact) mass is 830 g/mol. The van der Waals surface area contributed by atoms with Crippen LogP contribution in [0.5, 0.6) is 0 Å². The second kappa shape index (κ2) is 15.0. The van der Waals surface area contributed by atoms with Crippen LogP contribution in [0.1, 0.15) is 34.2 Å². The van der Waals surface area contributed by atoms with Gasteiger partial charge in [0.2, 0.25) is 0 Å². The number of pyridine rings is 3. The molecule has 4 aliphatic rings. The van der Waals surface area contributed by atoms with Gasteiger partial charge < -0.3 is 0 Å². The van der Waals surface area contributed by atoms with Crippen molar-refractivity contribution < 1.29 is 0 Å². The highest BCUT2D eigenvalue weighted by Gasteiger charge is 2.55. The molecule has 13 rings (SSSR count). The van der Waals surface area contributed by atoms with Crippen LogP contribution in [0, 0.1) is 17.8 Å². The highest BCUT2D eigenvalue weighted by molar-refractivity contribution is 6.06. The fraction of sp³-hybridized carbons (Fsp3) is 0.0820. The van der Waals surface area contributed by atoms with Gasteiger partial charge in [0.15, 0.2) is 0 Å². The van der Waals surface area contributed by atoms with Gasteiger partial charge in [-0.15, -0.1) is 0 Å². The smallest absolute Gasteiger partial charge is 0.0972 e. The number of allylic oxidation sites excluding steroid dienone is 7. The molecule has 0 amide bonds. The summed E-state index contributed by atoms with van der Waals surface area (Å²) in [5, 5.41) is 2.13. The van der Waals surface area contributed by atoms with Gasteiger partial charge in [0.1, 0.15) is 0 Å². The molecule has 6 aromatic carbocycles. The Labute approximate surface area is 378 Å². The zero-order valence-corrected chi connectivity index (χ0v) is 35.6. The van der Waals surface area contributed by atoms with Gasteiger partial charge in [-0.2, -0.15) is 0 Å². The van der Waals surface area contributed by atoms with Gasteiger partial charge in [0.25, 0.3) is 0 Å². The minimum absolute atomic E-state index is 0.199. The van der Waals surface area contributed by atoms with E-state index in [0.717, 1.165) is 79.0 Å². The first kappa shape index (κ1) is 37.5. The van der Waals surface area contributed by atoms with Crippen molar-refractivity contribution in [3.8, 4) is 33.8 Å². The molecule has 1 aliphatic heterocycles. The maximum absolute atomic E-state index is 5.52. The van der Waals surface area contributed by atoms with E-state index in [1.165, 1.54) is 33.4 Å². The van der Waals surface area contributed by atoms with Gasteiger partial charge in [-0.05, 0) is 82.1 Å². The van der Waals surface area contributed by atoms with Crippen molar-refractivity contribution in [3.05, 3.63) is 258 Å². The molecule has 4 heterocycles. The second-order valence-electron chi connectivity index (χ2n) is 17.7. The zero-order chi connectivity index (χ0) is 42.9. The lowest BCUT2D eigenvalue weighted by atomic mass is 9.58. The molecule has 0 saturated heterocycles. The lowest BCUT2D eigenvalue weighted by Gasteiger charge is -2.44. The van der Waals surface area contributed by atoms with E-state index in [-0.39, 0.29) is 23.2 Å². The summed E-state index contributed by atoms with van der Waals surface area (Å²) in [5.74, 6) is 0.692. The van der Waals surface area contributed by atoms with E-state index >= 15 is 0 Å². The molecule has 0 fully saturated rings. The molecule has 3 aliphatic carbocycles. The molecule has 0 bridgehead atoms. The van der Waals surface area contributed by atoms with Crippen LogP contribution in [-0.2, 0) is 5.41 Å². The first-order valence-electron chi connectivity index (χ1n) is 22.6. The molecule has 65 heavy (non-hydrogen) atoms. The fourth-order valence-electron chi connectivity index (χ4n) is 11.4. The number of rotatable bonds is 6. The van der Waals surface area contributed by atoms with Gasteiger partial charge >= 0.3 is 0 Å². The molecule has 0 radical (unpaired) electrons. The van der Waals surface area contributed by atoms with Crippen molar-refractivity contribution in [2.24, 2.45) is 22.7 Å². The van der Waals surface area contributed by atoms with Gasteiger partial charge in [0.05, 0.1) is 39.2 Å². The predicted octanol–water partition coefficient (Wildman–Crippen LogP) is 14.2. The lowest BCUT2D eigenvalue weighted by Crippen LogP contribution is -2.39. The summed E-state index contributed by atoms with van der Waals surface area (Å²) in [6.45, 7) is 0. The maximum Gasteiger partial charge on any atom is 0.0972 e. The predicted molar refractivity (Wildman–Crippen MR) is 266 cm³/mol. The van der Waals surface area contributed by atoms with Crippen LogP contribution in [0.15, 0.2) is 235 Å². The molecule has 3 atom stereocenters. The van der Waals surface area contributed by atoms with Crippen molar-refractivity contribution >= 4 is 38.8 Å². The van der Waals surface area contributed by atoms with E-state index in [0.29, 0.717) is 0 Å². The third kappa shape index (κ3) is 5.98. The van der Waals surface area contributed by atoms with Crippen LogP contribution >= 0.6 is 0 Å². The Morgan fingerprint density at radius 1 is 0.508 bits per heavy atom. The number of aliphatic imine (C=N–C) groups is 1. The zero-order valence-electron chi connectivity index (χ0n) is 35.6. The van der Waals surface area contributed by atoms with Crippen molar-refractivity contribution in [3.63, 3.8) is 0 Å². The molecule has 0 N–H and O–H groups in total. The average molecular weight is 831 g/mol. The maximum atomic E-state index is 5.52. The minimum Gasteiger partial charge on any atom is -0.256 e. The molecular formula is C61H42N4. The van der Waals surface area contributed by atoms with Gasteiger partial charge in [-0.1, -0.05) is 182 Å². The fourth-order valence-corrected chi connectivity index (χ4v) is 11.4. The molecule has 3 aromatic heterocycles.